The van der Waals surface area contributed by atoms with Crippen LogP contribution in [0.1, 0.15) is 32.8 Å². The van der Waals surface area contributed by atoms with Crippen LogP contribution >= 0.6 is 0 Å². The van der Waals surface area contributed by atoms with Crippen LogP contribution in [0.15, 0.2) is 18.3 Å². The summed E-state index contributed by atoms with van der Waals surface area (Å²) in [7, 11) is 0. The Morgan fingerprint density at radius 1 is 1.50 bits per heavy atom. The number of hydrogen-bond donors (Lipinski definition) is 2. The monoisotopic (exact) mass is 246 g/mol. The molecule has 18 heavy (non-hydrogen) atoms. The number of rotatable bonds is 5. The summed E-state index contributed by atoms with van der Waals surface area (Å²) in [6.07, 6.45) is 2.37. The summed E-state index contributed by atoms with van der Waals surface area (Å²) in [6, 6.07) is 5.14. The highest BCUT2D eigenvalue weighted by Crippen LogP contribution is 2.06. The highest BCUT2D eigenvalue weighted by Gasteiger charge is 2.14. The first-order valence-electron chi connectivity index (χ1n) is 5.99. The molecule has 0 radical (unpaired) electrons. The molecule has 0 aromatic carbocycles. The minimum atomic E-state index is -0.362. The Morgan fingerprint density at radius 3 is 2.72 bits per heavy atom. The number of aromatic nitrogens is 1. The summed E-state index contributed by atoms with van der Waals surface area (Å²) < 4.78 is 0. The van der Waals surface area contributed by atoms with Crippen molar-refractivity contribution < 1.29 is 4.79 Å². The van der Waals surface area contributed by atoms with Gasteiger partial charge in [-0.3, -0.25) is 4.79 Å². The molecule has 1 aromatic heterocycles. The van der Waals surface area contributed by atoms with Crippen LogP contribution in [-0.4, -0.2) is 23.0 Å². The van der Waals surface area contributed by atoms with Crippen LogP contribution in [0.5, 0.6) is 0 Å². The first-order valence-corrected chi connectivity index (χ1v) is 5.99. The third kappa shape index (κ3) is 4.06. The minimum Gasteiger partial charge on any atom is -0.359 e. The molecule has 5 nitrogen and oxygen atoms in total. The standard InChI is InChI=1S/C13H18N4O/c1-4-9(2)16-13(18)10(3)17-12-6-5-11(7-14)8-15-12/h5-6,8-10H,4H2,1-3H3,(H,15,17)(H,16,18). The topological polar surface area (TPSA) is 77.8 Å². The van der Waals surface area contributed by atoms with Gasteiger partial charge < -0.3 is 10.6 Å². The van der Waals surface area contributed by atoms with Crippen LogP contribution in [0.3, 0.4) is 0 Å². The first-order chi connectivity index (χ1) is 8.56. The van der Waals surface area contributed by atoms with E-state index in [-0.39, 0.29) is 18.0 Å². The average molecular weight is 246 g/mol. The second-order valence-electron chi connectivity index (χ2n) is 4.23. The molecule has 0 aliphatic heterocycles. The Balaban J connectivity index is 2.55. The molecule has 2 N–H and O–H groups in total. The van der Waals surface area contributed by atoms with Gasteiger partial charge in [-0.05, 0) is 32.4 Å². The lowest BCUT2D eigenvalue weighted by Gasteiger charge is -2.17. The molecule has 0 saturated heterocycles. The number of hydrogen-bond acceptors (Lipinski definition) is 4. The number of nitrogens with zero attached hydrogens (tertiary/aromatic N) is 2. The summed E-state index contributed by atoms with van der Waals surface area (Å²) in [4.78, 5) is 15.8. The normalized spacial score (nSPS) is 13.2. The fourth-order valence-electron chi connectivity index (χ4n) is 1.30. The summed E-state index contributed by atoms with van der Waals surface area (Å²) in [6.45, 7) is 5.76. The van der Waals surface area contributed by atoms with Gasteiger partial charge in [-0.1, -0.05) is 6.92 Å². The fourth-order valence-corrected chi connectivity index (χ4v) is 1.30. The van der Waals surface area contributed by atoms with E-state index >= 15 is 0 Å². The molecule has 96 valence electrons. The highest BCUT2D eigenvalue weighted by atomic mass is 16.2. The van der Waals surface area contributed by atoms with Gasteiger partial charge in [0.05, 0.1) is 5.56 Å². The van der Waals surface area contributed by atoms with E-state index in [0.29, 0.717) is 11.4 Å². The Hall–Kier alpha value is -2.09. The molecule has 0 aliphatic carbocycles. The summed E-state index contributed by atoms with van der Waals surface area (Å²) in [5, 5.41) is 14.5. The number of nitrogens with one attached hydrogen (secondary N) is 2. The van der Waals surface area contributed by atoms with E-state index in [1.54, 1.807) is 19.1 Å². The van der Waals surface area contributed by atoms with Crippen molar-refractivity contribution >= 4 is 11.7 Å². The quantitative estimate of drug-likeness (QED) is 0.828. The lowest BCUT2D eigenvalue weighted by atomic mass is 10.2. The Labute approximate surface area is 107 Å². The van der Waals surface area contributed by atoms with Gasteiger partial charge in [-0.2, -0.15) is 5.26 Å². The number of carbonyl (C=O) groups excluding carboxylic acids is 1. The number of carbonyl (C=O) groups is 1. The number of nitriles is 1. The minimum absolute atomic E-state index is 0.0597. The smallest absolute Gasteiger partial charge is 0.242 e. The van der Waals surface area contributed by atoms with E-state index in [9.17, 15) is 4.79 Å². The van der Waals surface area contributed by atoms with Crippen molar-refractivity contribution in [2.24, 2.45) is 0 Å². The van der Waals surface area contributed by atoms with Crippen LogP contribution in [0, 0.1) is 11.3 Å². The summed E-state index contributed by atoms with van der Waals surface area (Å²) in [5.41, 5.74) is 0.497. The molecule has 2 atom stereocenters. The molecule has 0 bridgehead atoms. The van der Waals surface area contributed by atoms with Gasteiger partial charge in [-0.15, -0.1) is 0 Å². The fraction of sp³-hybridized carbons (Fsp3) is 0.462. The molecule has 1 heterocycles. The van der Waals surface area contributed by atoms with Crippen molar-refractivity contribution in [1.82, 2.24) is 10.3 Å². The predicted octanol–water partition coefficient (Wildman–Crippen LogP) is 1.67. The van der Waals surface area contributed by atoms with E-state index in [1.165, 1.54) is 6.20 Å². The third-order valence-corrected chi connectivity index (χ3v) is 2.65. The van der Waals surface area contributed by atoms with Crippen LogP contribution in [0.25, 0.3) is 0 Å². The van der Waals surface area contributed by atoms with Crippen LogP contribution in [-0.2, 0) is 4.79 Å². The van der Waals surface area contributed by atoms with E-state index in [4.69, 9.17) is 5.26 Å². The van der Waals surface area contributed by atoms with Gasteiger partial charge in [0.2, 0.25) is 5.91 Å². The van der Waals surface area contributed by atoms with E-state index in [2.05, 4.69) is 15.6 Å². The SMILES string of the molecule is CCC(C)NC(=O)C(C)Nc1ccc(C#N)cn1. The van der Waals surface area contributed by atoms with Crippen LogP contribution < -0.4 is 10.6 Å². The molecular weight excluding hydrogens is 228 g/mol. The zero-order valence-corrected chi connectivity index (χ0v) is 10.9. The molecule has 0 spiro atoms. The van der Waals surface area contributed by atoms with Crippen LogP contribution in [0.2, 0.25) is 0 Å². The molecule has 0 aliphatic rings. The summed E-state index contributed by atoms with van der Waals surface area (Å²) in [5.74, 6) is 0.524. The lowest BCUT2D eigenvalue weighted by molar-refractivity contribution is -0.122. The van der Waals surface area contributed by atoms with Gasteiger partial charge in [0.25, 0.3) is 0 Å². The van der Waals surface area contributed by atoms with E-state index < -0.39 is 0 Å². The molecule has 1 rings (SSSR count). The predicted molar refractivity (Wildman–Crippen MR) is 69.9 cm³/mol. The second-order valence-corrected chi connectivity index (χ2v) is 4.23. The molecule has 0 fully saturated rings. The van der Waals surface area contributed by atoms with Crippen molar-refractivity contribution in [3.8, 4) is 6.07 Å². The molecule has 5 heteroatoms. The largest absolute Gasteiger partial charge is 0.359 e. The molecule has 1 amide bonds. The number of anilines is 1. The maximum atomic E-state index is 11.8. The Morgan fingerprint density at radius 2 is 2.22 bits per heavy atom. The molecular formula is C13H18N4O. The second kappa shape index (κ2) is 6.60. The third-order valence-electron chi connectivity index (χ3n) is 2.65. The van der Waals surface area contributed by atoms with Gasteiger partial charge in [0.15, 0.2) is 0 Å². The van der Waals surface area contributed by atoms with Crippen molar-refractivity contribution in [2.75, 3.05) is 5.32 Å². The van der Waals surface area contributed by atoms with Crippen molar-refractivity contribution in [3.05, 3.63) is 23.9 Å². The Kier molecular flexibility index (Phi) is 5.12. The van der Waals surface area contributed by atoms with E-state index in [0.717, 1.165) is 6.42 Å². The van der Waals surface area contributed by atoms with Crippen LogP contribution in [0.4, 0.5) is 5.82 Å². The Bertz CT molecular complexity index is 435. The maximum Gasteiger partial charge on any atom is 0.242 e. The maximum absolute atomic E-state index is 11.8. The average Bonchev–Trinajstić information content (AvgIpc) is 2.39. The highest BCUT2D eigenvalue weighted by molar-refractivity contribution is 5.84. The zero-order chi connectivity index (χ0) is 13.5. The molecule has 0 saturated carbocycles. The van der Waals surface area contributed by atoms with E-state index in [1.807, 2.05) is 19.9 Å². The first kappa shape index (κ1) is 14.0. The van der Waals surface area contributed by atoms with Gasteiger partial charge in [0, 0.05) is 12.2 Å². The van der Waals surface area contributed by atoms with Gasteiger partial charge in [0.1, 0.15) is 17.9 Å². The van der Waals surface area contributed by atoms with Crippen molar-refractivity contribution in [3.63, 3.8) is 0 Å². The molecule has 2 unspecified atom stereocenters. The number of pyridine rings is 1. The zero-order valence-electron chi connectivity index (χ0n) is 10.9. The van der Waals surface area contributed by atoms with Crippen molar-refractivity contribution in [1.29, 1.82) is 5.26 Å². The van der Waals surface area contributed by atoms with Crippen molar-refractivity contribution in [2.45, 2.75) is 39.3 Å². The molecule has 1 aromatic rings. The van der Waals surface area contributed by atoms with Gasteiger partial charge >= 0.3 is 0 Å². The van der Waals surface area contributed by atoms with Gasteiger partial charge in [-0.25, -0.2) is 4.98 Å². The number of amides is 1. The summed E-state index contributed by atoms with van der Waals surface area (Å²) >= 11 is 0. The lowest BCUT2D eigenvalue weighted by Crippen LogP contribution is -2.42.